The quantitative estimate of drug-likeness (QED) is 0.253. The van der Waals surface area contributed by atoms with Gasteiger partial charge in [0.05, 0.1) is 29.6 Å². The van der Waals surface area contributed by atoms with Crippen LogP contribution in [0.2, 0.25) is 0 Å². The van der Waals surface area contributed by atoms with Crippen molar-refractivity contribution < 1.29 is 47.6 Å². The number of aryl methyl sites for hydroxylation is 1. The standard InChI is InChI=1S/C27H28F3N7O7/c28-27(29,30)22-19(16-36(33-22)5-1-11-38)20-15-32-23-24(31-4-6-37(20)23)44-17-2-3-18(21(40)14-17)25(41)34-7-9-35(10-8-34)26(42)43-13-12-39/h2-4,6,14-16,38-40H,1,5,7-13H2. The van der Waals surface area contributed by atoms with Gasteiger partial charge < -0.3 is 34.6 Å². The predicted molar refractivity (Wildman–Crippen MR) is 145 cm³/mol. The first-order chi connectivity index (χ1) is 21.1. The molecule has 3 aromatic heterocycles. The number of aliphatic hydroxyl groups excluding tert-OH is 2. The van der Waals surface area contributed by atoms with Crippen LogP contribution in [0.3, 0.4) is 0 Å². The second-order valence-electron chi connectivity index (χ2n) is 9.70. The molecule has 4 heterocycles. The maximum atomic E-state index is 13.8. The van der Waals surface area contributed by atoms with Crippen LogP contribution < -0.4 is 4.74 Å². The van der Waals surface area contributed by atoms with E-state index in [0.717, 1.165) is 4.68 Å². The van der Waals surface area contributed by atoms with E-state index in [-0.39, 0.29) is 98.8 Å². The monoisotopic (exact) mass is 619 g/mol. The minimum atomic E-state index is -4.74. The van der Waals surface area contributed by atoms with Crippen molar-refractivity contribution in [2.45, 2.75) is 19.1 Å². The molecule has 1 saturated heterocycles. The number of nitrogens with zero attached hydrogens (tertiary/aromatic N) is 7. The molecule has 0 radical (unpaired) electrons. The largest absolute Gasteiger partial charge is 0.507 e. The predicted octanol–water partition coefficient (Wildman–Crippen LogP) is 2.38. The number of hydrogen-bond donors (Lipinski definition) is 3. The summed E-state index contributed by atoms with van der Waals surface area (Å²) < 4.78 is 54.6. The van der Waals surface area contributed by atoms with Gasteiger partial charge >= 0.3 is 12.3 Å². The number of phenols is 1. The summed E-state index contributed by atoms with van der Waals surface area (Å²) in [6.45, 7) is 0.310. The highest BCUT2D eigenvalue weighted by Crippen LogP contribution is 2.37. The summed E-state index contributed by atoms with van der Waals surface area (Å²) in [6.07, 6.45) is 0.0980. The summed E-state index contributed by atoms with van der Waals surface area (Å²) in [6, 6.07) is 4.00. The number of benzene rings is 1. The van der Waals surface area contributed by atoms with E-state index in [1.165, 1.54) is 57.2 Å². The highest BCUT2D eigenvalue weighted by atomic mass is 19.4. The minimum Gasteiger partial charge on any atom is -0.507 e. The zero-order valence-corrected chi connectivity index (χ0v) is 23.1. The van der Waals surface area contributed by atoms with Crippen LogP contribution in [-0.4, -0.2) is 107 Å². The lowest BCUT2D eigenvalue weighted by Gasteiger charge is -2.34. The number of carbonyl (C=O) groups is 2. The van der Waals surface area contributed by atoms with Crippen molar-refractivity contribution in [3.8, 4) is 28.6 Å². The average Bonchev–Trinajstić information content (AvgIpc) is 3.64. The zero-order chi connectivity index (χ0) is 31.4. The van der Waals surface area contributed by atoms with Gasteiger partial charge in [-0.3, -0.25) is 13.9 Å². The normalized spacial score (nSPS) is 13.8. The highest BCUT2D eigenvalue weighted by molar-refractivity contribution is 5.97. The molecule has 1 aliphatic rings. The molecule has 0 atom stereocenters. The molecule has 17 heteroatoms. The smallest absolute Gasteiger partial charge is 0.435 e. The third kappa shape index (κ3) is 6.37. The van der Waals surface area contributed by atoms with Crippen LogP contribution in [0.1, 0.15) is 22.5 Å². The van der Waals surface area contributed by atoms with E-state index in [1.54, 1.807) is 0 Å². The topological polar surface area (TPSA) is 168 Å². The molecule has 1 aromatic carbocycles. The first-order valence-corrected chi connectivity index (χ1v) is 13.5. The fourth-order valence-electron chi connectivity index (χ4n) is 4.69. The molecule has 4 aromatic rings. The van der Waals surface area contributed by atoms with Crippen molar-refractivity contribution in [2.24, 2.45) is 0 Å². The molecule has 0 aliphatic carbocycles. The van der Waals surface area contributed by atoms with Crippen LogP contribution in [0.5, 0.6) is 17.4 Å². The van der Waals surface area contributed by atoms with Crippen LogP contribution >= 0.6 is 0 Å². The van der Waals surface area contributed by atoms with Gasteiger partial charge in [-0.15, -0.1) is 0 Å². The number of aliphatic hydroxyl groups is 2. The summed E-state index contributed by atoms with van der Waals surface area (Å²) in [5.41, 5.74) is -1.15. The van der Waals surface area contributed by atoms with Crippen molar-refractivity contribution in [2.75, 3.05) is 46.0 Å². The fourth-order valence-corrected chi connectivity index (χ4v) is 4.69. The number of aromatic nitrogens is 5. The Kier molecular flexibility index (Phi) is 8.86. The van der Waals surface area contributed by atoms with E-state index in [4.69, 9.17) is 19.7 Å². The molecular formula is C27H28F3N7O7. The summed E-state index contributed by atoms with van der Waals surface area (Å²) in [5, 5.41) is 32.1. The van der Waals surface area contributed by atoms with Crippen LogP contribution in [0.4, 0.5) is 18.0 Å². The van der Waals surface area contributed by atoms with Gasteiger partial charge in [0.1, 0.15) is 18.1 Å². The fraction of sp³-hybridized carbons (Fsp3) is 0.370. The minimum absolute atomic E-state index is 0.000752. The molecule has 1 aliphatic heterocycles. The Labute approximate surface area is 247 Å². The molecule has 14 nitrogen and oxygen atoms in total. The maximum Gasteiger partial charge on any atom is 0.435 e. The van der Waals surface area contributed by atoms with E-state index >= 15 is 0 Å². The number of fused-ring (bicyclic) bond motifs is 1. The number of rotatable bonds is 9. The number of hydrogen-bond acceptors (Lipinski definition) is 10. The van der Waals surface area contributed by atoms with E-state index in [2.05, 4.69) is 15.1 Å². The number of halogens is 3. The number of piperazine rings is 1. The molecular weight excluding hydrogens is 591 g/mol. The van der Waals surface area contributed by atoms with Gasteiger partial charge in [0.15, 0.2) is 5.69 Å². The second-order valence-corrected chi connectivity index (χ2v) is 9.70. The number of carbonyl (C=O) groups excluding carboxylic acids is 2. The molecule has 44 heavy (non-hydrogen) atoms. The van der Waals surface area contributed by atoms with Crippen molar-refractivity contribution in [3.63, 3.8) is 0 Å². The van der Waals surface area contributed by atoms with Crippen LogP contribution in [-0.2, 0) is 17.5 Å². The average molecular weight is 620 g/mol. The Bertz CT molecular complexity index is 1650. The number of ether oxygens (including phenoxy) is 2. The molecule has 1 fully saturated rings. The Balaban J connectivity index is 1.33. The molecule has 234 valence electrons. The molecule has 3 N–H and O–H groups in total. The third-order valence-corrected chi connectivity index (χ3v) is 6.80. The second kappa shape index (κ2) is 12.8. The number of alkyl halides is 3. The van der Waals surface area contributed by atoms with Gasteiger partial charge in [0.2, 0.25) is 5.65 Å². The van der Waals surface area contributed by atoms with Crippen molar-refractivity contribution in [1.29, 1.82) is 0 Å². The zero-order valence-electron chi connectivity index (χ0n) is 23.1. The van der Waals surface area contributed by atoms with E-state index in [1.807, 2.05) is 0 Å². The van der Waals surface area contributed by atoms with E-state index < -0.39 is 23.9 Å². The number of aromatic hydroxyl groups is 1. The van der Waals surface area contributed by atoms with Crippen molar-refractivity contribution in [1.82, 2.24) is 33.9 Å². The van der Waals surface area contributed by atoms with Gasteiger partial charge in [-0.1, -0.05) is 0 Å². The molecule has 0 unspecified atom stereocenters. The van der Waals surface area contributed by atoms with Gasteiger partial charge in [-0.05, 0) is 18.6 Å². The Morgan fingerprint density at radius 3 is 2.45 bits per heavy atom. The van der Waals surface area contributed by atoms with Crippen molar-refractivity contribution in [3.05, 3.63) is 54.2 Å². The van der Waals surface area contributed by atoms with Gasteiger partial charge in [-0.2, -0.15) is 18.3 Å². The van der Waals surface area contributed by atoms with Crippen LogP contribution in [0.15, 0.2) is 43.0 Å². The van der Waals surface area contributed by atoms with Crippen molar-refractivity contribution >= 4 is 17.6 Å². The molecule has 5 rings (SSSR count). The molecule has 0 bridgehead atoms. The summed E-state index contributed by atoms with van der Waals surface area (Å²) in [4.78, 5) is 36.2. The third-order valence-electron chi connectivity index (χ3n) is 6.80. The summed E-state index contributed by atoms with van der Waals surface area (Å²) in [7, 11) is 0. The van der Waals surface area contributed by atoms with Crippen LogP contribution in [0.25, 0.3) is 16.9 Å². The SMILES string of the molecule is O=C(OCCO)N1CCN(C(=O)c2ccc(Oc3nccn4c(-c5cn(CCCO)nc5C(F)(F)F)cnc34)cc2O)CC1. The van der Waals surface area contributed by atoms with Gasteiger partial charge in [-0.25, -0.2) is 14.8 Å². The van der Waals surface area contributed by atoms with E-state index in [9.17, 15) is 27.9 Å². The number of imidazole rings is 1. The lowest BCUT2D eigenvalue weighted by molar-refractivity contribution is -0.141. The first-order valence-electron chi connectivity index (χ1n) is 13.5. The highest BCUT2D eigenvalue weighted by Gasteiger charge is 2.38. The Morgan fingerprint density at radius 2 is 1.77 bits per heavy atom. The Morgan fingerprint density at radius 1 is 1.02 bits per heavy atom. The summed E-state index contributed by atoms with van der Waals surface area (Å²) >= 11 is 0. The number of phenolic OH excluding ortho intramolecular Hbond substituents is 1. The molecule has 0 saturated carbocycles. The van der Waals surface area contributed by atoms with E-state index in [0.29, 0.717) is 0 Å². The first kappa shape index (κ1) is 30.6. The molecule has 2 amide bonds. The lowest BCUT2D eigenvalue weighted by Crippen LogP contribution is -2.50. The lowest BCUT2D eigenvalue weighted by atomic mass is 10.1. The maximum absolute atomic E-state index is 13.8. The Hall–Kier alpha value is -4.90. The van der Waals surface area contributed by atoms with Crippen LogP contribution in [0, 0.1) is 0 Å². The number of amides is 2. The van der Waals surface area contributed by atoms with Gasteiger partial charge in [0, 0.05) is 64.0 Å². The molecule has 0 spiro atoms. The van der Waals surface area contributed by atoms with Gasteiger partial charge in [0.25, 0.3) is 11.8 Å². The summed E-state index contributed by atoms with van der Waals surface area (Å²) in [5.74, 6) is -0.815.